The van der Waals surface area contributed by atoms with Crippen molar-refractivity contribution in [2.45, 2.75) is 326 Å². The molecule has 0 spiro atoms. The fourth-order valence-electron chi connectivity index (χ4n) is 16.9. The second-order valence-corrected chi connectivity index (χ2v) is 32.5. The second-order valence-electron chi connectivity index (χ2n) is 32.5. The molecule has 10 nitrogen and oxygen atoms in total. The number of phenolic OH excluding ortho intramolecular Hbond substituents is 10. The van der Waals surface area contributed by atoms with Crippen LogP contribution in [0.2, 0.25) is 0 Å². The van der Waals surface area contributed by atoms with E-state index in [4.69, 9.17) is 37.0 Å². The quantitative estimate of drug-likeness (QED) is 0.0156. The topological polar surface area (TPSA) is 202 Å². The second kappa shape index (κ2) is 47.0. The number of phenols is 10. The van der Waals surface area contributed by atoms with E-state index in [1.54, 1.807) is 67.6 Å². The molecule has 0 radical (unpaired) electrons. The van der Waals surface area contributed by atoms with Crippen molar-refractivity contribution in [3.8, 4) is 57.5 Å². The molecule has 630 valence electrons. The largest absolute Gasteiger partial charge is 0.507 e. The summed E-state index contributed by atoms with van der Waals surface area (Å²) in [5, 5.41) is 107. The molecule has 0 saturated heterocycles. The Balaban J connectivity index is 0.000000272. The Labute approximate surface area is 733 Å². The number of hydrogen-bond donors (Lipinski definition) is 10. The van der Waals surface area contributed by atoms with Crippen molar-refractivity contribution in [3.05, 3.63) is 235 Å². The van der Waals surface area contributed by atoms with Crippen LogP contribution in [0.4, 0.5) is 0 Å². The summed E-state index contributed by atoms with van der Waals surface area (Å²) in [6, 6.07) is 16.2. The van der Waals surface area contributed by atoms with Gasteiger partial charge in [-0.2, -0.15) is 0 Å². The van der Waals surface area contributed by atoms with Gasteiger partial charge in [0.15, 0.2) is 0 Å². The van der Waals surface area contributed by atoms with E-state index in [2.05, 4.69) is 47.8 Å². The molecular weight excluding hydrogens is 1420 g/mol. The van der Waals surface area contributed by atoms with Gasteiger partial charge in [0.2, 0.25) is 0 Å². The molecule has 0 bridgehead atoms. The third-order valence-corrected chi connectivity index (χ3v) is 23.3. The van der Waals surface area contributed by atoms with E-state index in [9.17, 15) is 51.1 Å². The molecule has 115 heavy (non-hydrogen) atoms. The van der Waals surface area contributed by atoms with E-state index in [1.165, 1.54) is 24.3 Å². The SMILES string of the molecule is [2H]C([2H])([2H])C(=C)C1CCC(C([2H])([2H])[2H])=CC1c1c(O)cc(CCCCC)cc1O.[2H]C([2H])([2H])C1=CC(c2c(O)cc(CCCCC)cc2O)C(C(=C)C)CC1.[2H]C([2H])=C(C)C1CCC(C([2H])([2H])[2H])=CC1c1c(O)cc(CCCCC)cc1O.[2H]C([2H])=C(C1CCC(C([2H])([2H])[2H])=CC1c1c(O)cc(CCCCC)cc1O)C([2H])([2H])[2H].[2H]C([2H])=C(C1CCC(C)=CC1c1c(O)cc(CCCCC)cc1O)C([2H])([2H])[2H]. The van der Waals surface area contributed by atoms with Crippen LogP contribution in [-0.4, -0.2) is 51.1 Å². The maximum Gasteiger partial charge on any atom is 0.123 e. The molecule has 10 unspecified atom stereocenters. The van der Waals surface area contributed by atoms with Crippen LogP contribution >= 0.6 is 0 Å². The van der Waals surface area contributed by atoms with E-state index in [0.29, 0.717) is 73.6 Å². The number of benzene rings is 5. The van der Waals surface area contributed by atoms with E-state index in [-0.39, 0.29) is 152 Å². The van der Waals surface area contributed by atoms with Crippen molar-refractivity contribution in [2.75, 3.05) is 0 Å². The molecular formula is C105H150O10. The average Bonchev–Trinajstić information content (AvgIpc) is 0.774. The number of aromatic hydroxyl groups is 10. The molecule has 0 aliphatic heterocycles. The van der Waals surface area contributed by atoms with Crippen LogP contribution in [0.15, 0.2) is 180 Å². The van der Waals surface area contributed by atoms with Gasteiger partial charge in [-0.3, -0.25) is 0 Å². The number of hydrogen-bond acceptors (Lipinski definition) is 10. The molecule has 5 aromatic rings. The number of allylic oxidation sites excluding steroid dienone is 15. The van der Waals surface area contributed by atoms with Crippen LogP contribution in [0.1, 0.15) is 386 Å². The van der Waals surface area contributed by atoms with Crippen molar-refractivity contribution in [1.29, 1.82) is 0 Å². The van der Waals surface area contributed by atoms with Crippen molar-refractivity contribution < 1.29 is 88.1 Å². The van der Waals surface area contributed by atoms with Gasteiger partial charge in [-0.15, -0.1) is 0 Å². The van der Waals surface area contributed by atoms with Gasteiger partial charge in [0, 0.05) is 86.2 Å². The number of aryl methyl sites for hydroxylation is 5. The molecule has 0 amide bonds. The Hall–Kier alpha value is -8.50. The summed E-state index contributed by atoms with van der Waals surface area (Å²) in [7, 11) is 0. The van der Waals surface area contributed by atoms with Crippen molar-refractivity contribution in [3.63, 3.8) is 0 Å². The van der Waals surface area contributed by atoms with Crippen LogP contribution in [-0.2, 0) is 32.1 Å². The van der Waals surface area contributed by atoms with Gasteiger partial charge in [0.05, 0.1) is 8.22 Å². The predicted octanol–water partition coefficient (Wildman–Crippen LogP) is 29.2. The molecule has 0 heterocycles. The lowest BCUT2D eigenvalue weighted by atomic mass is 9.73. The Kier molecular flexibility index (Phi) is 25.3. The fraction of sp³-hybridized carbons (Fsp3) is 0.524. The maximum absolute atomic E-state index is 10.7. The molecule has 5 aliphatic rings. The van der Waals surface area contributed by atoms with Gasteiger partial charge in [0.25, 0.3) is 0 Å². The lowest BCUT2D eigenvalue weighted by Gasteiger charge is -2.31. The lowest BCUT2D eigenvalue weighted by Crippen LogP contribution is -2.17. The first-order valence-electron chi connectivity index (χ1n) is 55.5. The Morgan fingerprint density at radius 2 is 0.487 bits per heavy atom. The highest BCUT2D eigenvalue weighted by Crippen LogP contribution is 2.53. The Bertz CT molecular complexity index is 5230. The minimum absolute atomic E-state index is 0.00356. The zero-order valence-corrected chi connectivity index (χ0v) is 69.5. The first kappa shape index (κ1) is 61.8. The molecule has 5 aromatic carbocycles. The van der Waals surface area contributed by atoms with Crippen molar-refractivity contribution in [2.24, 2.45) is 29.6 Å². The van der Waals surface area contributed by atoms with Crippen molar-refractivity contribution >= 4 is 0 Å². The van der Waals surface area contributed by atoms with E-state index >= 15 is 0 Å². The maximum atomic E-state index is 10.7. The van der Waals surface area contributed by atoms with Crippen LogP contribution in [0, 0.1) is 29.6 Å². The van der Waals surface area contributed by atoms with E-state index in [1.807, 2.05) is 19.9 Å². The highest BCUT2D eigenvalue weighted by atomic mass is 16.3. The van der Waals surface area contributed by atoms with Crippen LogP contribution in [0.5, 0.6) is 57.5 Å². The normalized spacial score (nSPS) is 25.2. The van der Waals surface area contributed by atoms with Gasteiger partial charge in [-0.25, -0.2) is 0 Å². The number of rotatable bonds is 30. The summed E-state index contributed by atoms with van der Waals surface area (Å²) in [5.74, 6) is -6.68. The zero-order chi connectivity index (χ0) is 107. The van der Waals surface area contributed by atoms with Gasteiger partial charge in [-0.1, -0.05) is 218 Å². The monoisotopic (exact) mass is 1600 g/mol. The Morgan fingerprint density at radius 3 is 0.678 bits per heavy atom. The minimum atomic E-state index is -2.72. The minimum Gasteiger partial charge on any atom is -0.507 e. The third kappa shape index (κ3) is 27.8. The highest BCUT2D eigenvalue weighted by molar-refractivity contribution is 5.57. The van der Waals surface area contributed by atoms with Gasteiger partial charge < -0.3 is 51.1 Å². The Morgan fingerprint density at radius 1 is 0.296 bits per heavy atom. The van der Waals surface area contributed by atoms with E-state index < -0.39 is 108 Å². The average molecular weight is 1600 g/mol. The van der Waals surface area contributed by atoms with Crippen LogP contribution in [0.25, 0.3) is 0 Å². The summed E-state index contributed by atoms with van der Waals surface area (Å²) < 4.78 is 209. The van der Waals surface area contributed by atoms with Crippen LogP contribution in [0.3, 0.4) is 0 Å². The predicted molar refractivity (Wildman–Crippen MR) is 485 cm³/mol. The van der Waals surface area contributed by atoms with Crippen molar-refractivity contribution in [1.82, 2.24) is 0 Å². The zero-order valence-electron chi connectivity index (χ0n) is 96.5. The third-order valence-electron chi connectivity index (χ3n) is 23.3. The molecule has 10 rings (SSSR count). The molecule has 0 fully saturated rings. The van der Waals surface area contributed by atoms with E-state index in [0.717, 1.165) is 155 Å². The molecule has 0 aromatic heterocycles. The summed E-state index contributed by atoms with van der Waals surface area (Å²) >= 11 is 0. The molecule has 0 saturated carbocycles. The molecule has 10 atom stereocenters. The summed E-state index contributed by atoms with van der Waals surface area (Å²) in [6.45, 7) is 5.17. The number of unbranched alkanes of at least 4 members (excludes halogenated alkanes) is 10. The highest BCUT2D eigenvalue weighted by Gasteiger charge is 2.36. The molecule has 10 heteroatoms. The lowest BCUT2D eigenvalue weighted by molar-refractivity contribution is 0.405. The summed E-state index contributed by atoms with van der Waals surface area (Å²) in [6.07, 6.45) is 30.8. The van der Waals surface area contributed by atoms with Gasteiger partial charge in [-0.05, 0) is 315 Å². The van der Waals surface area contributed by atoms with Crippen LogP contribution < -0.4 is 0 Å². The summed E-state index contributed by atoms with van der Waals surface area (Å²) in [4.78, 5) is 0. The first-order valence-corrected chi connectivity index (χ1v) is 42.0. The van der Waals surface area contributed by atoms with Gasteiger partial charge in [0.1, 0.15) is 57.5 Å². The first-order chi connectivity index (χ1) is 65.9. The smallest absolute Gasteiger partial charge is 0.123 e. The summed E-state index contributed by atoms with van der Waals surface area (Å²) in [5.41, 5.74) is 8.19. The fourth-order valence-corrected chi connectivity index (χ4v) is 16.9. The molecule has 10 N–H and O–H groups in total. The van der Waals surface area contributed by atoms with Gasteiger partial charge >= 0.3 is 0 Å². The standard InChI is InChI=1S/5C21H30O2/c5*1-5-6-7-8-16-12-19(22)21(20(23)13-16)18-11-15(4)9-10-17(18)14(2)3/h5*11-13,17-18,22-23H,2,5-10H2,1,3-4H3/i2D2,3D3,4D3;3D3,4D3;2D2,4D3;2D2,3D3;4D3. The molecule has 5 aliphatic carbocycles.